The predicted molar refractivity (Wildman–Crippen MR) is 66.9 cm³/mol. The standard InChI is InChI=1S/C13H10F4N2O3/c14-9-2-1-7(5-8(9)13(15,16)17)18-10-6-11(21)19(3-4-20)12(10)22/h1-2,5-6,18,20H,3-4H2. The number of hydrogen-bond acceptors (Lipinski definition) is 4. The lowest BCUT2D eigenvalue weighted by Crippen LogP contribution is -2.34. The smallest absolute Gasteiger partial charge is 0.395 e. The zero-order chi connectivity index (χ0) is 16.5. The Morgan fingerprint density at radius 2 is 1.91 bits per heavy atom. The topological polar surface area (TPSA) is 69.6 Å². The summed E-state index contributed by atoms with van der Waals surface area (Å²) in [5, 5.41) is 11.1. The molecule has 0 bridgehead atoms. The van der Waals surface area contributed by atoms with Gasteiger partial charge in [-0.3, -0.25) is 14.5 Å². The molecule has 0 atom stereocenters. The van der Waals surface area contributed by atoms with Crippen molar-refractivity contribution in [3.05, 3.63) is 41.4 Å². The average Bonchev–Trinajstić information content (AvgIpc) is 2.68. The maximum Gasteiger partial charge on any atom is 0.419 e. The Labute approximate surface area is 121 Å². The molecule has 0 saturated carbocycles. The number of alkyl halides is 3. The number of amides is 2. The lowest BCUT2D eigenvalue weighted by atomic mass is 10.1. The van der Waals surface area contributed by atoms with Gasteiger partial charge in [0.2, 0.25) is 0 Å². The summed E-state index contributed by atoms with van der Waals surface area (Å²) in [6.07, 6.45) is -3.98. The third kappa shape index (κ3) is 3.08. The molecule has 9 heteroatoms. The summed E-state index contributed by atoms with van der Waals surface area (Å²) < 4.78 is 51.0. The summed E-state index contributed by atoms with van der Waals surface area (Å²) in [5.41, 5.74) is -1.92. The third-order valence-corrected chi connectivity index (χ3v) is 2.88. The van der Waals surface area contributed by atoms with Crippen LogP contribution in [0.25, 0.3) is 0 Å². The predicted octanol–water partition coefficient (Wildman–Crippen LogP) is 1.50. The Bertz CT molecular complexity index is 655. The number of aliphatic hydroxyl groups excluding tert-OH is 1. The van der Waals surface area contributed by atoms with Crippen molar-refractivity contribution in [2.75, 3.05) is 18.5 Å². The van der Waals surface area contributed by atoms with Gasteiger partial charge < -0.3 is 10.4 Å². The molecule has 22 heavy (non-hydrogen) atoms. The molecule has 0 aliphatic carbocycles. The molecule has 1 aliphatic heterocycles. The van der Waals surface area contributed by atoms with Crippen molar-refractivity contribution in [1.82, 2.24) is 4.90 Å². The van der Waals surface area contributed by atoms with Crippen molar-refractivity contribution in [1.29, 1.82) is 0 Å². The van der Waals surface area contributed by atoms with E-state index in [2.05, 4.69) is 5.32 Å². The van der Waals surface area contributed by atoms with Gasteiger partial charge in [-0.15, -0.1) is 0 Å². The number of β-amino-alcohol motifs (C(OH)–C–C–N with tert-alkyl or cyclic N) is 1. The second kappa shape index (κ2) is 5.76. The lowest BCUT2D eigenvalue weighted by Gasteiger charge is -2.14. The Kier molecular flexibility index (Phi) is 4.18. The monoisotopic (exact) mass is 318 g/mol. The Hall–Kier alpha value is -2.42. The molecule has 0 fully saturated rings. The number of imide groups is 1. The number of aliphatic hydroxyl groups is 1. The molecule has 0 aromatic heterocycles. The van der Waals surface area contributed by atoms with Crippen LogP contribution in [0.4, 0.5) is 23.2 Å². The molecule has 2 N–H and O–H groups in total. The number of carbonyl (C=O) groups is 2. The highest BCUT2D eigenvalue weighted by atomic mass is 19.4. The Morgan fingerprint density at radius 1 is 1.23 bits per heavy atom. The minimum atomic E-state index is -4.88. The number of nitrogens with one attached hydrogen (secondary N) is 1. The number of halogens is 4. The molecule has 0 saturated heterocycles. The van der Waals surface area contributed by atoms with Crippen LogP contribution in [0.15, 0.2) is 30.0 Å². The van der Waals surface area contributed by atoms with E-state index in [0.29, 0.717) is 12.1 Å². The molecule has 0 spiro atoms. The van der Waals surface area contributed by atoms with Gasteiger partial charge in [-0.2, -0.15) is 13.2 Å². The first-order valence-electron chi connectivity index (χ1n) is 6.06. The zero-order valence-corrected chi connectivity index (χ0v) is 10.9. The maximum atomic E-state index is 13.2. The van der Waals surface area contributed by atoms with E-state index in [1.807, 2.05) is 0 Å². The van der Waals surface area contributed by atoms with Gasteiger partial charge in [-0.1, -0.05) is 0 Å². The minimum Gasteiger partial charge on any atom is -0.395 e. The molecule has 0 unspecified atom stereocenters. The van der Waals surface area contributed by atoms with Crippen LogP contribution in [0.5, 0.6) is 0 Å². The summed E-state index contributed by atoms with van der Waals surface area (Å²) >= 11 is 0. The van der Waals surface area contributed by atoms with E-state index in [1.54, 1.807) is 0 Å². The first kappa shape index (κ1) is 16.0. The van der Waals surface area contributed by atoms with E-state index in [-0.39, 0.29) is 17.9 Å². The minimum absolute atomic E-state index is 0.188. The zero-order valence-electron chi connectivity index (χ0n) is 10.9. The van der Waals surface area contributed by atoms with Crippen LogP contribution in [0.2, 0.25) is 0 Å². The van der Waals surface area contributed by atoms with E-state index in [0.717, 1.165) is 17.0 Å². The SMILES string of the molecule is O=C1C=C(Nc2ccc(F)c(C(F)(F)F)c2)C(=O)N1CCO. The van der Waals surface area contributed by atoms with Crippen molar-refractivity contribution < 1.29 is 32.3 Å². The number of anilines is 1. The molecule has 0 radical (unpaired) electrons. The molecule has 1 heterocycles. The summed E-state index contributed by atoms with van der Waals surface area (Å²) in [7, 11) is 0. The van der Waals surface area contributed by atoms with E-state index in [1.165, 1.54) is 0 Å². The maximum absolute atomic E-state index is 13.2. The van der Waals surface area contributed by atoms with E-state index >= 15 is 0 Å². The van der Waals surface area contributed by atoms with Crippen LogP contribution in [0, 0.1) is 5.82 Å². The van der Waals surface area contributed by atoms with E-state index < -0.39 is 36.0 Å². The van der Waals surface area contributed by atoms with Gasteiger partial charge in [-0.25, -0.2) is 4.39 Å². The average molecular weight is 318 g/mol. The van der Waals surface area contributed by atoms with E-state index in [4.69, 9.17) is 5.11 Å². The third-order valence-electron chi connectivity index (χ3n) is 2.88. The lowest BCUT2D eigenvalue weighted by molar-refractivity contribution is -0.140. The van der Waals surface area contributed by atoms with Crippen LogP contribution in [0.1, 0.15) is 5.56 Å². The molecule has 2 amide bonds. The molecule has 1 aliphatic rings. The largest absolute Gasteiger partial charge is 0.419 e. The number of rotatable bonds is 4. The van der Waals surface area contributed by atoms with Crippen LogP contribution in [-0.4, -0.2) is 35.0 Å². The molecule has 5 nitrogen and oxygen atoms in total. The highest BCUT2D eigenvalue weighted by Crippen LogP contribution is 2.33. The van der Waals surface area contributed by atoms with Gasteiger partial charge in [0.15, 0.2) is 0 Å². The fraction of sp³-hybridized carbons (Fsp3) is 0.231. The molecule has 1 aromatic rings. The van der Waals surface area contributed by atoms with Crippen LogP contribution >= 0.6 is 0 Å². The van der Waals surface area contributed by atoms with Crippen molar-refractivity contribution >= 4 is 17.5 Å². The van der Waals surface area contributed by atoms with Gasteiger partial charge in [-0.05, 0) is 18.2 Å². The van der Waals surface area contributed by atoms with Crippen molar-refractivity contribution in [2.24, 2.45) is 0 Å². The fourth-order valence-corrected chi connectivity index (χ4v) is 1.89. The molecular weight excluding hydrogens is 308 g/mol. The van der Waals surface area contributed by atoms with Crippen molar-refractivity contribution in [3.8, 4) is 0 Å². The highest BCUT2D eigenvalue weighted by Gasteiger charge is 2.35. The Morgan fingerprint density at radius 3 is 2.50 bits per heavy atom. The number of carbonyl (C=O) groups excluding carboxylic acids is 2. The number of benzene rings is 1. The van der Waals surface area contributed by atoms with Gasteiger partial charge in [0, 0.05) is 11.8 Å². The molecular formula is C13H10F4N2O3. The summed E-state index contributed by atoms with van der Waals surface area (Å²) in [5.74, 6) is -2.92. The van der Waals surface area contributed by atoms with Gasteiger partial charge in [0.1, 0.15) is 11.5 Å². The first-order chi connectivity index (χ1) is 10.2. The first-order valence-corrected chi connectivity index (χ1v) is 6.06. The van der Waals surface area contributed by atoms with Gasteiger partial charge >= 0.3 is 6.18 Å². The van der Waals surface area contributed by atoms with Crippen LogP contribution in [0.3, 0.4) is 0 Å². The van der Waals surface area contributed by atoms with Crippen molar-refractivity contribution in [3.63, 3.8) is 0 Å². The quantitative estimate of drug-likeness (QED) is 0.652. The van der Waals surface area contributed by atoms with Gasteiger partial charge in [0.05, 0.1) is 18.7 Å². The normalized spacial score (nSPS) is 15.3. The molecule has 2 rings (SSSR count). The highest BCUT2D eigenvalue weighted by molar-refractivity contribution is 6.17. The number of hydrogen-bond donors (Lipinski definition) is 2. The molecule has 118 valence electrons. The summed E-state index contributed by atoms with van der Waals surface area (Å²) in [6.45, 7) is -0.663. The van der Waals surface area contributed by atoms with Crippen LogP contribution < -0.4 is 5.32 Å². The summed E-state index contributed by atoms with van der Waals surface area (Å²) in [6, 6.07) is 2.12. The number of nitrogens with zero attached hydrogens (tertiary/aromatic N) is 1. The van der Waals surface area contributed by atoms with Gasteiger partial charge in [0.25, 0.3) is 11.8 Å². The second-order valence-electron chi connectivity index (χ2n) is 4.39. The van der Waals surface area contributed by atoms with E-state index in [9.17, 15) is 27.2 Å². The second-order valence-corrected chi connectivity index (χ2v) is 4.39. The fourth-order valence-electron chi connectivity index (χ4n) is 1.89. The Balaban J connectivity index is 2.24. The van der Waals surface area contributed by atoms with Crippen LogP contribution in [-0.2, 0) is 15.8 Å². The molecule has 1 aromatic carbocycles. The summed E-state index contributed by atoms with van der Waals surface area (Å²) in [4.78, 5) is 24.1. The van der Waals surface area contributed by atoms with Crippen molar-refractivity contribution in [2.45, 2.75) is 6.18 Å².